The highest BCUT2D eigenvalue weighted by Gasteiger charge is 2.32. The number of carbonyl (C=O) groups is 1. The van der Waals surface area contributed by atoms with E-state index in [2.05, 4.69) is 15.2 Å². The zero-order chi connectivity index (χ0) is 23.1. The number of rotatable bonds is 5. The number of nitrogens with one attached hydrogen (secondary N) is 1. The first-order chi connectivity index (χ1) is 16.0. The van der Waals surface area contributed by atoms with Gasteiger partial charge in [0.25, 0.3) is 11.5 Å². The normalized spacial score (nSPS) is 17.8. The van der Waals surface area contributed by atoms with E-state index >= 15 is 0 Å². The van der Waals surface area contributed by atoms with Crippen molar-refractivity contribution in [3.8, 4) is 11.5 Å². The summed E-state index contributed by atoms with van der Waals surface area (Å²) in [6.07, 6.45) is 3.97. The second kappa shape index (κ2) is 8.47. The first-order valence-electron chi connectivity index (χ1n) is 11.1. The van der Waals surface area contributed by atoms with E-state index in [1.807, 2.05) is 0 Å². The van der Waals surface area contributed by atoms with Gasteiger partial charge in [0.05, 0.1) is 6.54 Å². The van der Waals surface area contributed by atoms with Crippen molar-refractivity contribution in [3.63, 3.8) is 0 Å². The summed E-state index contributed by atoms with van der Waals surface area (Å²) in [4.78, 5) is 32.4. The van der Waals surface area contributed by atoms with Crippen LogP contribution in [0.4, 0.5) is 4.39 Å². The van der Waals surface area contributed by atoms with Crippen LogP contribution in [0.15, 0.2) is 35.3 Å². The van der Waals surface area contributed by atoms with Crippen LogP contribution in [0.25, 0.3) is 11.0 Å². The average Bonchev–Trinajstić information content (AvgIpc) is 3.32. The minimum atomic E-state index is -0.663. The van der Waals surface area contributed by atoms with Crippen LogP contribution in [0.5, 0.6) is 11.5 Å². The Balaban J connectivity index is 1.65. The van der Waals surface area contributed by atoms with Gasteiger partial charge in [0.1, 0.15) is 28.5 Å². The topological polar surface area (TPSA) is 96.7 Å². The highest BCUT2D eigenvalue weighted by atomic mass is 19.1. The van der Waals surface area contributed by atoms with Crippen molar-refractivity contribution in [1.29, 1.82) is 0 Å². The maximum Gasteiger partial charge on any atom is 0.268 e. The van der Waals surface area contributed by atoms with Crippen LogP contribution < -0.4 is 15.6 Å². The minimum absolute atomic E-state index is 0.144. The van der Waals surface area contributed by atoms with Gasteiger partial charge in [-0.1, -0.05) is 12.1 Å². The molecule has 0 aliphatic carbocycles. The molecule has 33 heavy (non-hydrogen) atoms. The van der Waals surface area contributed by atoms with Gasteiger partial charge in [-0.15, -0.1) is 0 Å². The van der Waals surface area contributed by atoms with Crippen LogP contribution in [0.2, 0.25) is 0 Å². The highest BCUT2D eigenvalue weighted by Crippen LogP contribution is 2.37. The predicted octanol–water partition coefficient (Wildman–Crippen LogP) is 2.05. The van der Waals surface area contributed by atoms with Gasteiger partial charge in [0, 0.05) is 31.8 Å². The number of aromatic hydroxyl groups is 1. The molecule has 1 fully saturated rings. The number of pyridine rings is 2. The fraction of sp³-hybridized carbons (Fsp3) is 0.375. The molecule has 2 aromatic heterocycles. The van der Waals surface area contributed by atoms with Crippen molar-refractivity contribution in [3.05, 3.63) is 63.3 Å². The van der Waals surface area contributed by atoms with E-state index in [4.69, 9.17) is 4.74 Å². The van der Waals surface area contributed by atoms with Crippen LogP contribution in [0, 0.1) is 5.82 Å². The maximum absolute atomic E-state index is 13.4. The lowest BCUT2D eigenvalue weighted by Crippen LogP contribution is -2.43. The summed E-state index contributed by atoms with van der Waals surface area (Å²) >= 11 is 0. The van der Waals surface area contributed by atoms with Crippen LogP contribution in [0.1, 0.15) is 34.3 Å². The van der Waals surface area contributed by atoms with E-state index in [9.17, 15) is 19.1 Å². The van der Waals surface area contributed by atoms with Gasteiger partial charge in [0.2, 0.25) is 0 Å². The Morgan fingerprint density at radius 1 is 1.27 bits per heavy atom. The van der Waals surface area contributed by atoms with Crippen LogP contribution >= 0.6 is 0 Å². The smallest absolute Gasteiger partial charge is 0.268 e. The zero-order valence-corrected chi connectivity index (χ0v) is 18.3. The zero-order valence-electron chi connectivity index (χ0n) is 18.3. The largest absolute Gasteiger partial charge is 0.505 e. The number of hydrogen-bond donors (Lipinski definition) is 2. The number of carbonyl (C=O) groups excluding carboxylic acids is 1. The number of ether oxygens (including phenoxy) is 1. The number of halogens is 1. The van der Waals surface area contributed by atoms with Crippen LogP contribution in [-0.2, 0) is 13.0 Å². The van der Waals surface area contributed by atoms with Gasteiger partial charge in [0.15, 0.2) is 11.5 Å². The molecule has 0 spiro atoms. The molecule has 1 atom stereocenters. The Morgan fingerprint density at radius 2 is 2.00 bits per heavy atom. The Morgan fingerprint density at radius 3 is 2.70 bits per heavy atom. The highest BCUT2D eigenvalue weighted by molar-refractivity contribution is 6.02. The molecule has 2 aliphatic rings. The standard InChI is InChI=1S/C24H25FN4O4/c1-26-23(31)18-21(30)19-20-22(15(11-27-19)10-14-4-6-16(25)7-5-14)33-17(13-29(20)24(18)32)12-28-8-2-3-9-28/h4-7,11,17,30H,2-3,8-10,12-13H2,1H3,(H,26,31). The fourth-order valence-corrected chi connectivity index (χ4v) is 4.74. The predicted molar refractivity (Wildman–Crippen MR) is 120 cm³/mol. The molecule has 0 radical (unpaired) electrons. The Kier molecular flexibility index (Phi) is 5.49. The summed E-state index contributed by atoms with van der Waals surface area (Å²) in [5.41, 5.74) is 1.21. The van der Waals surface area contributed by atoms with Gasteiger partial charge >= 0.3 is 0 Å². The molecule has 9 heteroatoms. The molecule has 1 unspecified atom stereocenters. The monoisotopic (exact) mass is 452 g/mol. The lowest BCUT2D eigenvalue weighted by atomic mass is 10.0. The number of benzene rings is 1. The summed E-state index contributed by atoms with van der Waals surface area (Å²) in [7, 11) is 1.41. The van der Waals surface area contributed by atoms with Gasteiger partial charge in [-0.3, -0.25) is 24.0 Å². The molecule has 1 aromatic carbocycles. The Bertz CT molecular complexity index is 1280. The molecule has 4 heterocycles. The minimum Gasteiger partial charge on any atom is -0.505 e. The van der Waals surface area contributed by atoms with Crippen LogP contribution in [0.3, 0.4) is 0 Å². The molecule has 2 N–H and O–H groups in total. The van der Waals surface area contributed by atoms with E-state index < -0.39 is 17.2 Å². The summed E-state index contributed by atoms with van der Waals surface area (Å²) in [6.45, 7) is 2.87. The van der Waals surface area contributed by atoms with Crippen molar-refractivity contribution in [2.45, 2.75) is 31.9 Å². The maximum atomic E-state index is 13.4. The molecule has 2 aliphatic heterocycles. The van der Waals surface area contributed by atoms with Gasteiger partial charge in [-0.25, -0.2) is 4.39 Å². The van der Waals surface area contributed by atoms with E-state index in [0.29, 0.717) is 24.2 Å². The number of hydrogen-bond acceptors (Lipinski definition) is 6. The van der Waals surface area contributed by atoms with Gasteiger partial charge in [-0.2, -0.15) is 0 Å². The third-order valence-electron chi connectivity index (χ3n) is 6.36. The third kappa shape index (κ3) is 3.82. The number of amides is 1. The first kappa shape index (κ1) is 21.4. The van der Waals surface area contributed by atoms with Gasteiger partial charge < -0.3 is 15.2 Å². The molecule has 3 aromatic rings. The first-order valence-corrected chi connectivity index (χ1v) is 11.1. The number of likely N-dealkylation sites (tertiary alicyclic amines) is 1. The van der Waals surface area contributed by atoms with E-state index in [1.165, 1.54) is 23.7 Å². The molecule has 1 saturated heterocycles. The summed E-state index contributed by atoms with van der Waals surface area (Å²) in [5, 5.41) is 13.2. The molecule has 0 bridgehead atoms. The van der Waals surface area contributed by atoms with Crippen molar-refractivity contribution < 1.29 is 19.0 Å². The molecule has 8 nitrogen and oxygen atoms in total. The lowest BCUT2D eigenvalue weighted by molar-refractivity contribution is 0.0955. The molecule has 0 saturated carbocycles. The number of aromatic nitrogens is 2. The Labute approximate surface area is 189 Å². The summed E-state index contributed by atoms with van der Waals surface area (Å²) < 4.78 is 21.3. The van der Waals surface area contributed by atoms with Crippen molar-refractivity contribution in [1.82, 2.24) is 19.8 Å². The molecule has 172 valence electrons. The number of nitrogens with zero attached hydrogens (tertiary/aromatic N) is 3. The average molecular weight is 452 g/mol. The van der Waals surface area contributed by atoms with E-state index in [0.717, 1.165) is 37.1 Å². The summed E-state index contributed by atoms with van der Waals surface area (Å²) in [6, 6.07) is 6.17. The van der Waals surface area contributed by atoms with Crippen molar-refractivity contribution >= 4 is 16.9 Å². The van der Waals surface area contributed by atoms with E-state index in [1.54, 1.807) is 18.3 Å². The second-order valence-corrected chi connectivity index (χ2v) is 8.58. The van der Waals surface area contributed by atoms with E-state index in [-0.39, 0.29) is 29.5 Å². The lowest BCUT2D eigenvalue weighted by Gasteiger charge is -2.32. The van der Waals surface area contributed by atoms with Crippen molar-refractivity contribution in [2.24, 2.45) is 0 Å². The fourth-order valence-electron chi connectivity index (χ4n) is 4.74. The molecular weight excluding hydrogens is 427 g/mol. The SMILES string of the molecule is CNC(=O)c1c(O)c2ncc(Cc3ccc(F)cc3)c3c2n(c1=O)CC(CN1CCCC1)O3. The molecular formula is C24H25FN4O4. The van der Waals surface area contributed by atoms with Crippen molar-refractivity contribution in [2.75, 3.05) is 26.7 Å². The second-order valence-electron chi connectivity index (χ2n) is 8.58. The molecule has 5 rings (SSSR count). The summed E-state index contributed by atoms with van der Waals surface area (Å²) in [5.74, 6) is -0.971. The molecule has 1 amide bonds. The quantitative estimate of drug-likeness (QED) is 0.615. The Hall–Kier alpha value is -3.46. The van der Waals surface area contributed by atoms with Crippen LogP contribution in [-0.4, -0.2) is 58.3 Å². The van der Waals surface area contributed by atoms with Gasteiger partial charge in [-0.05, 0) is 43.6 Å². The third-order valence-corrected chi connectivity index (χ3v) is 6.36.